The van der Waals surface area contributed by atoms with E-state index >= 15 is 0 Å². The summed E-state index contributed by atoms with van der Waals surface area (Å²) in [6.07, 6.45) is 2.21. The smallest absolute Gasteiger partial charge is 0.326 e. The molecule has 0 fully saturated rings. The van der Waals surface area contributed by atoms with E-state index in [0.717, 1.165) is 4.90 Å². The fourth-order valence-corrected chi connectivity index (χ4v) is 1.88. The minimum absolute atomic E-state index is 0.00712. The molecule has 7 nitrogen and oxygen atoms in total. The van der Waals surface area contributed by atoms with Gasteiger partial charge >= 0.3 is 12.0 Å². The highest BCUT2D eigenvalue weighted by molar-refractivity contribution is 7.98. The van der Waals surface area contributed by atoms with Crippen LogP contribution < -0.4 is 10.6 Å². The van der Waals surface area contributed by atoms with Crippen LogP contribution in [0.4, 0.5) is 4.79 Å². The Balaban J connectivity index is 4.34. The molecule has 0 aliphatic rings. The number of nitrogens with zero attached hydrogens (tertiary/aromatic N) is 1. The first-order chi connectivity index (χ1) is 9.27. The molecule has 0 bridgehead atoms. The lowest BCUT2D eigenvalue weighted by Crippen LogP contribution is -2.49. The van der Waals surface area contributed by atoms with Gasteiger partial charge in [0.2, 0.25) is 5.91 Å². The van der Waals surface area contributed by atoms with Crippen molar-refractivity contribution < 1.29 is 19.5 Å². The van der Waals surface area contributed by atoms with Gasteiger partial charge in [0.15, 0.2) is 0 Å². The van der Waals surface area contributed by atoms with Crippen LogP contribution in [0.5, 0.6) is 0 Å². The van der Waals surface area contributed by atoms with Crippen LogP contribution in [0.1, 0.15) is 20.3 Å². The molecule has 3 N–H and O–H groups in total. The van der Waals surface area contributed by atoms with Crippen LogP contribution in [-0.2, 0) is 9.59 Å². The molecule has 0 radical (unpaired) electrons. The Hall–Kier alpha value is -1.44. The monoisotopic (exact) mass is 305 g/mol. The molecular formula is C12H23N3O4S. The maximum atomic E-state index is 11.8. The standard InChI is InChI=1S/C12H23N3O4S/c1-8(2)13-10(16)7-15(3)12(19)14-9(11(17)18)5-6-20-4/h8-9H,5-7H2,1-4H3,(H,13,16)(H,14,19)(H,17,18)/t9-/m0/s1. The molecule has 0 aromatic heterocycles. The Bertz CT molecular complexity index is 350. The molecule has 0 saturated heterocycles. The Morgan fingerprint density at radius 1 is 1.25 bits per heavy atom. The maximum Gasteiger partial charge on any atom is 0.326 e. The number of thioether (sulfide) groups is 1. The Morgan fingerprint density at radius 3 is 2.30 bits per heavy atom. The Kier molecular flexibility index (Phi) is 8.78. The van der Waals surface area contributed by atoms with Gasteiger partial charge in [0.05, 0.1) is 0 Å². The molecule has 116 valence electrons. The average Bonchev–Trinajstić information content (AvgIpc) is 2.32. The molecule has 0 spiro atoms. The van der Waals surface area contributed by atoms with Crippen LogP contribution >= 0.6 is 11.8 Å². The molecule has 0 aliphatic carbocycles. The summed E-state index contributed by atoms with van der Waals surface area (Å²) in [6.45, 7) is 3.53. The fraction of sp³-hybridized carbons (Fsp3) is 0.750. The normalized spacial score (nSPS) is 11.8. The topological polar surface area (TPSA) is 98.7 Å². The number of likely N-dealkylation sites (N-methyl/N-ethyl adjacent to an activating group) is 1. The highest BCUT2D eigenvalue weighted by atomic mass is 32.2. The summed E-state index contributed by atoms with van der Waals surface area (Å²) in [7, 11) is 1.45. The molecule has 0 unspecified atom stereocenters. The number of nitrogens with one attached hydrogen (secondary N) is 2. The zero-order valence-electron chi connectivity index (χ0n) is 12.3. The van der Waals surface area contributed by atoms with Crippen LogP contribution in [0.3, 0.4) is 0 Å². The summed E-state index contributed by atoms with van der Waals surface area (Å²) >= 11 is 1.51. The van der Waals surface area contributed by atoms with Crippen molar-refractivity contribution in [2.45, 2.75) is 32.4 Å². The van der Waals surface area contributed by atoms with Gasteiger partial charge < -0.3 is 20.6 Å². The molecule has 0 aromatic rings. The molecule has 0 saturated carbocycles. The second-order valence-corrected chi connectivity index (χ2v) is 5.69. The zero-order valence-corrected chi connectivity index (χ0v) is 13.1. The summed E-state index contributed by atoms with van der Waals surface area (Å²) in [4.78, 5) is 35.5. The number of carboxylic acid groups (broad SMARTS) is 1. The van der Waals surface area contributed by atoms with Gasteiger partial charge in [0.25, 0.3) is 0 Å². The van der Waals surface area contributed by atoms with E-state index in [9.17, 15) is 14.4 Å². The van der Waals surface area contributed by atoms with E-state index in [1.165, 1.54) is 18.8 Å². The molecule has 0 aliphatic heterocycles. The van der Waals surface area contributed by atoms with Gasteiger partial charge in [-0.2, -0.15) is 11.8 Å². The van der Waals surface area contributed by atoms with E-state index in [-0.39, 0.29) is 18.5 Å². The zero-order chi connectivity index (χ0) is 15.7. The number of carbonyl (C=O) groups excluding carboxylic acids is 2. The Labute approximate surface area is 123 Å². The van der Waals surface area contributed by atoms with Crippen LogP contribution in [0.2, 0.25) is 0 Å². The molecule has 0 aromatic carbocycles. The summed E-state index contributed by atoms with van der Waals surface area (Å²) in [6, 6.07) is -1.52. The maximum absolute atomic E-state index is 11.8. The molecule has 1 atom stereocenters. The van der Waals surface area contributed by atoms with Gasteiger partial charge in [-0.05, 0) is 32.3 Å². The summed E-state index contributed by atoms with van der Waals surface area (Å²) < 4.78 is 0. The third kappa shape index (κ3) is 7.88. The first kappa shape index (κ1) is 18.6. The van der Waals surface area contributed by atoms with Crippen molar-refractivity contribution in [2.75, 3.05) is 25.6 Å². The van der Waals surface area contributed by atoms with Crippen LogP contribution in [-0.4, -0.2) is 65.6 Å². The minimum Gasteiger partial charge on any atom is -0.480 e. The van der Waals surface area contributed by atoms with Gasteiger partial charge in [0, 0.05) is 13.1 Å². The van der Waals surface area contributed by atoms with Crippen molar-refractivity contribution in [2.24, 2.45) is 0 Å². The molecule has 0 rings (SSSR count). The molecule has 3 amide bonds. The third-order valence-corrected chi connectivity index (χ3v) is 3.03. The van der Waals surface area contributed by atoms with Crippen LogP contribution in [0.15, 0.2) is 0 Å². The molecular weight excluding hydrogens is 282 g/mol. The van der Waals surface area contributed by atoms with Gasteiger partial charge in [-0.15, -0.1) is 0 Å². The summed E-state index contributed by atoms with van der Waals surface area (Å²) in [5.74, 6) is -0.726. The lowest BCUT2D eigenvalue weighted by atomic mass is 10.2. The lowest BCUT2D eigenvalue weighted by Gasteiger charge is -2.21. The van der Waals surface area contributed by atoms with Crippen molar-refractivity contribution in [3.8, 4) is 0 Å². The van der Waals surface area contributed by atoms with Gasteiger partial charge in [0.1, 0.15) is 12.6 Å². The predicted octanol–water partition coefficient (Wildman–Crippen LogP) is 0.359. The number of rotatable bonds is 8. The van der Waals surface area contributed by atoms with Crippen molar-refractivity contribution in [1.82, 2.24) is 15.5 Å². The SMILES string of the molecule is CSCC[C@H](NC(=O)N(C)CC(=O)NC(C)C)C(=O)O. The fourth-order valence-electron chi connectivity index (χ4n) is 1.41. The van der Waals surface area contributed by atoms with Crippen molar-refractivity contribution in [1.29, 1.82) is 0 Å². The number of hydrogen-bond acceptors (Lipinski definition) is 4. The molecule has 0 heterocycles. The summed E-state index contributed by atoms with van der Waals surface area (Å²) in [5, 5.41) is 14.1. The van der Waals surface area contributed by atoms with Crippen molar-refractivity contribution in [3.63, 3.8) is 0 Å². The number of carboxylic acids is 1. The highest BCUT2D eigenvalue weighted by Crippen LogP contribution is 2.01. The van der Waals surface area contributed by atoms with E-state index in [2.05, 4.69) is 10.6 Å². The first-order valence-electron chi connectivity index (χ1n) is 6.30. The van der Waals surface area contributed by atoms with E-state index in [1.54, 1.807) is 0 Å². The van der Waals surface area contributed by atoms with E-state index in [4.69, 9.17) is 5.11 Å². The van der Waals surface area contributed by atoms with E-state index < -0.39 is 18.0 Å². The number of amides is 3. The van der Waals surface area contributed by atoms with Gasteiger partial charge in [-0.1, -0.05) is 0 Å². The number of hydrogen-bond donors (Lipinski definition) is 3. The Morgan fingerprint density at radius 2 is 1.85 bits per heavy atom. The van der Waals surface area contributed by atoms with E-state index in [1.807, 2.05) is 20.1 Å². The predicted molar refractivity (Wildman–Crippen MR) is 78.9 cm³/mol. The van der Waals surface area contributed by atoms with Crippen molar-refractivity contribution >= 4 is 29.7 Å². The molecule has 20 heavy (non-hydrogen) atoms. The van der Waals surface area contributed by atoms with Crippen molar-refractivity contribution in [3.05, 3.63) is 0 Å². The minimum atomic E-state index is -1.08. The third-order valence-electron chi connectivity index (χ3n) is 2.38. The number of carbonyl (C=O) groups is 3. The van der Waals surface area contributed by atoms with E-state index in [0.29, 0.717) is 12.2 Å². The van der Waals surface area contributed by atoms with Gasteiger partial charge in [-0.25, -0.2) is 9.59 Å². The largest absolute Gasteiger partial charge is 0.480 e. The number of urea groups is 1. The van der Waals surface area contributed by atoms with Crippen LogP contribution in [0.25, 0.3) is 0 Å². The highest BCUT2D eigenvalue weighted by Gasteiger charge is 2.22. The average molecular weight is 305 g/mol. The van der Waals surface area contributed by atoms with Crippen LogP contribution in [0, 0.1) is 0 Å². The molecule has 8 heteroatoms. The first-order valence-corrected chi connectivity index (χ1v) is 7.70. The number of aliphatic carboxylic acids is 1. The summed E-state index contributed by atoms with van der Waals surface area (Å²) in [5.41, 5.74) is 0. The quantitative estimate of drug-likeness (QED) is 0.601. The second kappa shape index (κ2) is 9.46. The lowest BCUT2D eigenvalue weighted by molar-refractivity contribution is -0.139. The second-order valence-electron chi connectivity index (χ2n) is 4.70. The van der Waals surface area contributed by atoms with Gasteiger partial charge in [-0.3, -0.25) is 4.79 Å².